The van der Waals surface area contributed by atoms with Crippen LogP contribution in [0.25, 0.3) is 21.5 Å². The molecule has 0 aromatic heterocycles. The minimum Gasteiger partial charge on any atom is -0.0924 e. The molecule has 0 aliphatic heterocycles. The van der Waals surface area contributed by atoms with Gasteiger partial charge in [0.25, 0.3) is 0 Å². The first-order valence-electron chi connectivity index (χ1n) is 16.6. The molecule has 0 spiro atoms. The topological polar surface area (TPSA) is 0 Å². The Morgan fingerprint density at radius 3 is 1.42 bits per heavy atom. The molecule has 4 aromatic rings. The predicted molar refractivity (Wildman–Crippen MR) is 194 cm³/mol. The zero-order chi connectivity index (χ0) is 29.9. The Kier molecular flexibility index (Phi) is 12.0. The fraction of sp³-hybridized carbons (Fsp3) is 0.500. The second-order valence-electron chi connectivity index (χ2n) is 14.7. The van der Waals surface area contributed by atoms with Crippen LogP contribution in [0.2, 0.25) is 0 Å². The molecule has 2 aliphatic rings. The van der Waals surface area contributed by atoms with Crippen LogP contribution >= 0.6 is 15.8 Å². The molecule has 0 nitrogen and oxygen atoms in total. The molecule has 2 aliphatic carbocycles. The molecule has 0 N–H and O–H groups in total. The number of hydrogen-bond donors (Lipinski definition) is 0. The molecule has 0 radical (unpaired) electrons. The molecule has 0 amide bonds. The fourth-order valence-corrected chi connectivity index (χ4v) is 17.4. The monoisotopic (exact) mass is 652 g/mol. The quantitative estimate of drug-likeness (QED) is 0.149. The van der Waals surface area contributed by atoms with Gasteiger partial charge in [-0.3, -0.25) is 0 Å². The molecular weight excluding hydrogens is 598 g/mol. The van der Waals surface area contributed by atoms with E-state index >= 15 is 0 Å². The van der Waals surface area contributed by atoms with Gasteiger partial charge in [0, 0.05) is 17.1 Å². The summed E-state index contributed by atoms with van der Waals surface area (Å²) in [6.07, 6.45) is 11.6. The van der Waals surface area contributed by atoms with Crippen LogP contribution in [0.15, 0.2) is 84.9 Å². The summed E-state index contributed by atoms with van der Waals surface area (Å²) in [5, 5.41) is 9.54. The van der Waals surface area contributed by atoms with Crippen molar-refractivity contribution in [1.29, 1.82) is 0 Å². The van der Waals surface area contributed by atoms with Crippen LogP contribution in [0.1, 0.15) is 99.8 Å². The molecule has 43 heavy (non-hydrogen) atoms. The van der Waals surface area contributed by atoms with Gasteiger partial charge >= 0.3 is 0 Å². The van der Waals surface area contributed by atoms with Gasteiger partial charge in [0.15, 0.2) is 0 Å². The van der Waals surface area contributed by atoms with E-state index in [0.717, 1.165) is 17.2 Å². The molecule has 3 atom stereocenters. The summed E-state index contributed by atoms with van der Waals surface area (Å²) < 4.78 is 0. The summed E-state index contributed by atoms with van der Waals surface area (Å²) >= 11 is 0. The van der Waals surface area contributed by atoms with Crippen molar-refractivity contribution in [3.63, 3.8) is 0 Å². The van der Waals surface area contributed by atoms with Crippen molar-refractivity contribution < 1.29 is 17.1 Å². The Bertz CT molecular complexity index is 1350. The van der Waals surface area contributed by atoms with E-state index in [0.29, 0.717) is 10.3 Å². The number of benzene rings is 4. The Balaban J connectivity index is 0.000000641. The van der Waals surface area contributed by atoms with Gasteiger partial charge in [0.2, 0.25) is 0 Å². The molecule has 3 heteroatoms. The smallest absolute Gasteiger partial charge is 0 e. The molecule has 2 saturated carbocycles. The number of hydrogen-bond acceptors (Lipinski definition) is 0. The zero-order valence-corrected chi connectivity index (χ0v) is 30.6. The maximum absolute atomic E-state index is 2.63. The summed E-state index contributed by atoms with van der Waals surface area (Å²) in [7, 11) is -0.672. The molecule has 2 unspecified atom stereocenters. The van der Waals surface area contributed by atoms with E-state index in [2.05, 4.69) is 133 Å². The summed E-state index contributed by atoms with van der Waals surface area (Å²) in [5.41, 5.74) is 1.47. The van der Waals surface area contributed by atoms with Crippen LogP contribution in [-0.4, -0.2) is 21.6 Å². The van der Waals surface area contributed by atoms with Crippen molar-refractivity contribution >= 4 is 48.0 Å². The van der Waals surface area contributed by atoms with Gasteiger partial charge in [-0.15, -0.1) is 0 Å². The first-order valence-corrected chi connectivity index (χ1v) is 19.4. The third-order valence-electron chi connectivity index (χ3n) is 9.64. The predicted octanol–water partition coefficient (Wildman–Crippen LogP) is 12.0. The van der Waals surface area contributed by atoms with E-state index in [9.17, 15) is 0 Å². The summed E-state index contributed by atoms with van der Waals surface area (Å²) in [4.78, 5) is 0. The van der Waals surface area contributed by atoms with Crippen LogP contribution in [0.4, 0.5) is 0 Å². The minimum absolute atomic E-state index is 0. The van der Waals surface area contributed by atoms with Crippen LogP contribution in [0.5, 0.6) is 0 Å². The van der Waals surface area contributed by atoms with Gasteiger partial charge in [-0.1, -0.05) is 180 Å². The third-order valence-corrected chi connectivity index (χ3v) is 16.8. The van der Waals surface area contributed by atoms with E-state index in [4.69, 9.17) is 0 Å². The van der Waals surface area contributed by atoms with Crippen LogP contribution in [-0.2, 0) is 17.1 Å². The van der Waals surface area contributed by atoms with E-state index < -0.39 is 7.92 Å². The standard InChI is InChI=1S/C35H44P2.C5H10.Fe/c1-25(37(34(2,3)4)35(5,6)7)28-21-14-24-31(28)36(32-22-12-17-26-15-8-10-19-29(26)32)33-23-13-18-27-16-9-11-20-30(27)33;1-2-4-5-3-1;/h8-13,15-20,22-23,25,28,31H,14,21,24H2,1-7H3;1-5H2;/t25-,28?,31?;;/m1../s1. The number of fused-ring (bicyclic) bond motifs is 2. The first-order chi connectivity index (χ1) is 20.1. The average molecular weight is 653 g/mol. The summed E-state index contributed by atoms with van der Waals surface area (Å²) in [5.74, 6) is 0.772. The molecule has 0 heterocycles. The summed E-state index contributed by atoms with van der Waals surface area (Å²) in [6, 6.07) is 32.3. The Morgan fingerprint density at radius 1 is 0.558 bits per heavy atom. The van der Waals surface area contributed by atoms with E-state index in [1.165, 1.54) is 72.9 Å². The SMILES string of the molecule is C1CCCC1.C[C@H](C1CCCC1P(c1cccc2ccccc12)c1cccc2ccccc12)P(C(C)(C)C)C(C)(C)C.[Fe]. The molecule has 6 rings (SSSR count). The zero-order valence-electron chi connectivity index (χ0n) is 27.7. The Hall–Kier alpha value is -1.22. The van der Waals surface area contributed by atoms with Crippen molar-refractivity contribution in [2.24, 2.45) is 5.92 Å². The summed E-state index contributed by atoms with van der Waals surface area (Å²) in [6.45, 7) is 17.6. The van der Waals surface area contributed by atoms with Gasteiger partial charge in [-0.05, 0) is 80.5 Å². The van der Waals surface area contributed by atoms with Crippen LogP contribution in [0.3, 0.4) is 0 Å². The van der Waals surface area contributed by atoms with Crippen molar-refractivity contribution in [2.75, 3.05) is 0 Å². The van der Waals surface area contributed by atoms with E-state index in [-0.39, 0.29) is 25.0 Å². The van der Waals surface area contributed by atoms with Crippen LogP contribution < -0.4 is 10.6 Å². The molecule has 2 fully saturated rings. The first kappa shape index (κ1) is 34.6. The van der Waals surface area contributed by atoms with Gasteiger partial charge in [-0.2, -0.15) is 0 Å². The average Bonchev–Trinajstić information content (AvgIpc) is 3.68. The maximum Gasteiger partial charge on any atom is 0 e. The minimum atomic E-state index is -0.509. The van der Waals surface area contributed by atoms with Crippen molar-refractivity contribution in [3.8, 4) is 0 Å². The number of rotatable bonds is 5. The fourth-order valence-electron chi connectivity index (χ4n) is 8.48. The van der Waals surface area contributed by atoms with Crippen molar-refractivity contribution in [2.45, 2.75) is 121 Å². The van der Waals surface area contributed by atoms with Gasteiger partial charge in [0.1, 0.15) is 0 Å². The molecule has 0 bridgehead atoms. The molecule has 232 valence electrons. The van der Waals surface area contributed by atoms with Gasteiger partial charge < -0.3 is 0 Å². The van der Waals surface area contributed by atoms with E-state index in [1.807, 2.05) is 0 Å². The Labute approximate surface area is 276 Å². The largest absolute Gasteiger partial charge is 0.0924 e. The van der Waals surface area contributed by atoms with Crippen molar-refractivity contribution in [3.05, 3.63) is 84.9 Å². The normalized spacial score (nSPS) is 19.8. The van der Waals surface area contributed by atoms with Gasteiger partial charge in [-0.25, -0.2) is 0 Å². The van der Waals surface area contributed by atoms with Crippen molar-refractivity contribution in [1.82, 2.24) is 0 Å². The molecule has 0 saturated heterocycles. The van der Waals surface area contributed by atoms with Crippen LogP contribution in [0, 0.1) is 5.92 Å². The molecular formula is C40H54FeP2. The Morgan fingerprint density at radius 2 is 0.977 bits per heavy atom. The third kappa shape index (κ3) is 7.96. The second-order valence-corrected chi connectivity index (χ2v) is 21.4. The van der Waals surface area contributed by atoms with E-state index in [1.54, 1.807) is 10.6 Å². The maximum atomic E-state index is 2.63. The van der Waals surface area contributed by atoms with Gasteiger partial charge in [0.05, 0.1) is 0 Å². The second kappa shape index (κ2) is 14.9. The molecule has 4 aromatic carbocycles.